The predicted molar refractivity (Wildman–Crippen MR) is 138 cm³/mol. The molecule has 3 N–H and O–H groups in total. The molecule has 35 heavy (non-hydrogen) atoms. The highest BCUT2D eigenvalue weighted by atomic mass is 16.6. The van der Waals surface area contributed by atoms with Gasteiger partial charge in [0.2, 0.25) is 11.8 Å². The molecular weight excluding hydrogens is 446 g/mol. The molecule has 2 atom stereocenters. The predicted octanol–water partition coefficient (Wildman–Crippen LogP) is 4.92. The van der Waals surface area contributed by atoms with E-state index in [4.69, 9.17) is 4.74 Å². The molecule has 0 spiro atoms. The van der Waals surface area contributed by atoms with Crippen LogP contribution in [0.4, 0.5) is 4.79 Å². The number of unbranched alkanes of at least 4 members (excludes halogenated alkanes) is 2. The normalized spacial score (nSPS) is 13.3. The van der Waals surface area contributed by atoms with E-state index in [1.165, 1.54) is 17.0 Å². The van der Waals surface area contributed by atoms with Gasteiger partial charge in [0.1, 0.15) is 23.4 Å². The quantitative estimate of drug-likeness (QED) is 0.360. The molecule has 198 valence electrons. The molecule has 0 bridgehead atoms. The van der Waals surface area contributed by atoms with Crippen LogP contribution in [0.2, 0.25) is 0 Å². The van der Waals surface area contributed by atoms with E-state index >= 15 is 0 Å². The Hall–Kier alpha value is -2.77. The number of nitrogens with zero attached hydrogens (tertiary/aromatic N) is 1. The maximum Gasteiger partial charge on any atom is 0.408 e. The van der Waals surface area contributed by atoms with Crippen LogP contribution in [0.15, 0.2) is 24.3 Å². The SMILES string of the molecule is CCCCCNC(=O)C(c1cccc(O)c1)N(C(=O)C(CC(C)C)NC(=O)OC(C)(C)C)C(C)C. The van der Waals surface area contributed by atoms with Crippen molar-refractivity contribution in [3.63, 3.8) is 0 Å². The summed E-state index contributed by atoms with van der Waals surface area (Å²) < 4.78 is 5.39. The van der Waals surface area contributed by atoms with Gasteiger partial charge in [-0.3, -0.25) is 9.59 Å². The summed E-state index contributed by atoms with van der Waals surface area (Å²) in [7, 11) is 0. The van der Waals surface area contributed by atoms with Gasteiger partial charge in [-0.15, -0.1) is 0 Å². The lowest BCUT2D eigenvalue weighted by Gasteiger charge is -2.37. The fraction of sp³-hybridized carbons (Fsp3) is 0.667. The molecule has 0 radical (unpaired) electrons. The van der Waals surface area contributed by atoms with E-state index in [2.05, 4.69) is 17.6 Å². The molecule has 1 aromatic carbocycles. The van der Waals surface area contributed by atoms with Gasteiger partial charge < -0.3 is 25.4 Å². The first kappa shape index (κ1) is 30.3. The zero-order valence-electron chi connectivity index (χ0n) is 22.7. The lowest BCUT2D eigenvalue weighted by atomic mass is 9.97. The smallest absolute Gasteiger partial charge is 0.408 e. The Morgan fingerprint density at radius 1 is 1.09 bits per heavy atom. The Morgan fingerprint density at radius 2 is 1.74 bits per heavy atom. The number of benzene rings is 1. The fourth-order valence-corrected chi connectivity index (χ4v) is 3.82. The molecule has 0 aromatic heterocycles. The van der Waals surface area contributed by atoms with Crippen LogP contribution in [0.25, 0.3) is 0 Å². The van der Waals surface area contributed by atoms with Gasteiger partial charge in [0.15, 0.2) is 0 Å². The Labute approximate surface area is 210 Å². The molecule has 0 aliphatic rings. The number of phenolic OH excluding ortho intramolecular Hbond substituents is 1. The number of nitrogens with one attached hydrogen (secondary N) is 2. The third kappa shape index (κ3) is 10.6. The fourth-order valence-electron chi connectivity index (χ4n) is 3.82. The highest BCUT2D eigenvalue weighted by Crippen LogP contribution is 2.28. The van der Waals surface area contributed by atoms with Gasteiger partial charge in [-0.25, -0.2) is 4.79 Å². The number of phenols is 1. The summed E-state index contributed by atoms with van der Waals surface area (Å²) in [5.41, 5.74) is -0.212. The maximum absolute atomic E-state index is 13.9. The van der Waals surface area contributed by atoms with Crippen molar-refractivity contribution in [3.05, 3.63) is 29.8 Å². The third-order valence-corrected chi connectivity index (χ3v) is 5.30. The van der Waals surface area contributed by atoms with Crippen LogP contribution >= 0.6 is 0 Å². The number of aromatic hydroxyl groups is 1. The number of ether oxygens (including phenoxy) is 1. The minimum atomic E-state index is -0.966. The Kier molecular flexibility index (Phi) is 12.1. The minimum absolute atomic E-state index is 0.00745. The van der Waals surface area contributed by atoms with Crippen molar-refractivity contribution in [1.29, 1.82) is 0 Å². The van der Waals surface area contributed by atoms with E-state index in [9.17, 15) is 19.5 Å². The number of amides is 3. The summed E-state index contributed by atoms with van der Waals surface area (Å²) in [6.07, 6.45) is 2.54. The van der Waals surface area contributed by atoms with E-state index in [1.807, 2.05) is 27.7 Å². The monoisotopic (exact) mass is 491 g/mol. The molecule has 1 rings (SSSR count). The van der Waals surface area contributed by atoms with Crippen molar-refractivity contribution in [2.45, 2.75) is 105 Å². The first-order valence-corrected chi connectivity index (χ1v) is 12.6. The average molecular weight is 492 g/mol. The number of alkyl carbamates (subject to hydrolysis) is 1. The molecule has 0 fully saturated rings. The molecule has 0 saturated carbocycles. The zero-order valence-corrected chi connectivity index (χ0v) is 22.7. The van der Waals surface area contributed by atoms with Gasteiger partial charge in [-0.2, -0.15) is 0 Å². The van der Waals surface area contributed by atoms with Crippen molar-refractivity contribution >= 4 is 17.9 Å². The summed E-state index contributed by atoms with van der Waals surface area (Å²) in [5, 5.41) is 15.8. The van der Waals surface area contributed by atoms with E-state index in [0.29, 0.717) is 18.5 Å². The Morgan fingerprint density at radius 3 is 2.26 bits per heavy atom. The topological polar surface area (TPSA) is 108 Å². The van der Waals surface area contributed by atoms with Gasteiger partial charge in [0.25, 0.3) is 0 Å². The van der Waals surface area contributed by atoms with Crippen LogP contribution in [0.1, 0.15) is 92.7 Å². The molecule has 1 aromatic rings. The van der Waals surface area contributed by atoms with Crippen molar-refractivity contribution in [2.24, 2.45) is 5.92 Å². The van der Waals surface area contributed by atoms with Gasteiger partial charge in [0, 0.05) is 12.6 Å². The second-order valence-electron chi connectivity index (χ2n) is 10.7. The number of carbonyl (C=O) groups excluding carboxylic acids is 3. The molecular formula is C27H45N3O5. The summed E-state index contributed by atoms with van der Waals surface area (Å²) in [6, 6.07) is 4.19. The van der Waals surface area contributed by atoms with Gasteiger partial charge in [-0.1, -0.05) is 45.7 Å². The lowest BCUT2D eigenvalue weighted by Crippen LogP contribution is -2.55. The summed E-state index contributed by atoms with van der Waals surface area (Å²) in [5.74, 6) is -0.589. The van der Waals surface area contributed by atoms with Crippen LogP contribution < -0.4 is 10.6 Å². The first-order valence-electron chi connectivity index (χ1n) is 12.6. The van der Waals surface area contributed by atoms with E-state index < -0.39 is 23.8 Å². The highest BCUT2D eigenvalue weighted by molar-refractivity contribution is 5.92. The minimum Gasteiger partial charge on any atom is -0.508 e. The van der Waals surface area contributed by atoms with Gasteiger partial charge in [-0.05, 0) is 71.1 Å². The summed E-state index contributed by atoms with van der Waals surface area (Å²) >= 11 is 0. The zero-order chi connectivity index (χ0) is 26.8. The Bertz CT molecular complexity index is 832. The lowest BCUT2D eigenvalue weighted by molar-refractivity contribution is -0.144. The van der Waals surface area contributed by atoms with Crippen LogP contribution in [0, 0.1) is 5.92 Å². The number of hydrogen-bond acceptors (Lipinski definition) is 5. The average Bonchev–Trinajstić information content (AvgIpc) is 2.72. The standard InChI is InChI=1S/C27H45N3O5/c1-9-10-11-15-28-24(32)23(20-13-12-14-21(31)17-20)30(19(4)5)25(33)22(16-18(2)3)29-26(34)35-27(6,7)8/h12-14,17-19,22-23,31H,9-11,15-16H2,1-8H3,(H,28,32)(H,29,34). The van der Waals surface area contributed by atoms with Crippen LogP contribution in [0.3, 0.4) is 0 Å². The first-order chi connectivity index (χ1) is 16.3. The number of rotatable bonds is 12. The molecule has 8 nitrogen and oxygen atoms in total. The van der Waals surface area contributed by atoms with Crippen LogP contribution in [0.5, 0.6) is 5.75 Å². The van der Waals surface area contributed by atoms with E-state index in [1.54, 1.807) is 32.9 Å². The molecule has 0 heterocycles. The van der Waals surface area contributed by atoms with Crippen molar-refractivity contribution < 1.29 is 24.2 Å². The van der Waals surface area contributed by atoms with Gasteiger partial charge >= 0.3 is 6.09 Å². The van der Waals surface area contributed by atoms with Crippen molar-refractivity contribution in [2.75, 3.05) is 6.54 Å². The van der Waals surface area contributed by atoms with E-state index in [0.717, 1.165) is 19.3 Å². The molecule has 2 unspecified atom stereocenters. The second-order valence-corrected chi connectivity index (χ2v) is 10.7. The largest absolute Gasteiger partial charge is 0.508 e. The van der Waals surface area contributed by atoms with Crippen LogP contribution in [-0.2, 0) is 14.3 Å². The van der Waals surface area contributed by atoms with Crippen molar-refractivity contribution in [3.8, 4) is 5.75 Å². The van der Waals surface area contributed by atoms with Gasteiger partial charge in [0.05, 0.1) is 0 Å². The van der Waals surface area contributed by atoms with E-state index in [-0.39, 0.29) is 29.5 Å². The highest BCUT2D eigenvalue weighted by Gasteiger charge is 2.38. The molecule has 8 heteroatoms. The number of hydrogen-bond donors (Lipinski definition) is 3. The molecule has 3 amide bonds. The Balaban J connectivity index is 3.37. The maximum atomic E-state index is 13.9. The molecule has 0 aliphatic heterocycles. The molecule has 0 saturated heterocycles. The molecule has 0 aliphatic carbocycles. The second kappa shape index (κ2) is 14.0. The van der Waals surface area contributed by atoms with Crippen LogP contribution in [-0.4, -0.2) is 52.1 Å². The van der Waals surface area contributed by atoms with Crippen molar-refractivity contribution in [1.82, 2.24) is 15.5 Å². The summed E-state index contributed by atoms with van der Waals surface area (Å²) in [6.45, 7) is 15.4. The number of carbonyl (C=O) groups is 3. The summed E-state index contributed by atoms with van der Waals surface area (Å²) in [4.78, 5) is 41.4. The third-order valence-electron chi connectivity index (χ3n) is 5.30.